The highest BCUT2D eigenvalue weighted by Gasteiger charge is 2.09. The summed E-state index contributed by atoms with van der Waals surface area (Å²) in [6, 6.07) is 7.71. The lowest BCUT2D eigenvalue weighted by Gasteiger charge is -2.15. The van der Waals surface area contributed by atoms with E-state index >= 15 is 0 Å². The van der Waals surface area contributed by atoms with Crippen LogP contribution >= 0.6 is 0 Å². The first-order chi connectivity index (χ1) is 9.36. The van der Waals surface area contributed by atoms with Gasteiger partial charge in [-0.1, -0.05) is 0 Å². The predicted molar refractivity (Wildman–Crippen MR) is 75.8 cm³/mol. The SMILES string of the molecule is CC(Nc1ccc(S(C)(=O)=O)cc1)c1cncc(F)c1. The van der Waals surface area contributed by atoms with Gasteiger partial charge in [-0.25, -0.2) is 12.8 Å². The van der Waals surface area contributed by atoms with Crippen LogP contribution in [0.1, 0.15) is 18.5 Å². The minimum absolute atomic E-state index is 0.137. The maximum atomic E-state index is 13.1. The zero-order valence-electron chi connectivity index (χ0n) is 11.2. The van der Waals surface area contributed by atoms with E-state index in [-0.39, 0.29) is 16.8 Å². The number of sulfone groups is 1. The van der Waals surface area contributed by atoms with E-state index in [2.05, 4.69) is 10.3 Å². The molecule has 0 radical (unpaired) electrons. The molecule has 0 aliphatic rings. The number of hydrogen-bond acceptors (Lipinski definition) is 4. The van der Waals surface area contributed by atoms with Crippen molar-refractivity contribution in [3.8, 4) is 0 Å². The summed E-state index contributed by atoms with van der Waals surface area (Å²) in [5, 5.41) is 3.16. The van der Waals surface area contributed by atoms with Crippen molar-refractivity contribution in [2.45, 2.75) is 17.9 Å². The molecule has 4 nitrogen and oxygen atoms in total. The molecule has 1 atom stereocenters. The fourth-order valence-corrected chi connectivity index (χ4v) is 2.43. The zero-order valence-corrected chi connectivity index (χ0v) is 12.0. The second-order valence-corrected chi connectivity index (χ2v) is 6.61. The fourth-order valence-electron chi connectivity index (χ4n) is 1.80. The molecule has 0 aliphatic heterocycles. The van der Waals surface area contributed by atoms with Gasteiger partial charge in [-0.3, -0.25) is 4.98 Å². The summed E-state index contributed by atoms with van der Waals surface area (Å²) in [5.41, 5.74) is 1.48. The van der Waals surface area contributed by atoms with Crippen molar-refractivity contribution in [1.82, 2.24) is 4.98 Å². The van der Waals surface area contributed by atoms with Crippen LogP contribution in [0.15, 0.2) is 47.6 Å². The standard InChI is InChI=1S/C14H15FN2O2S/c1-10(11-7-12(15)9-16-8-11)17-13-3-5-14(6-4-13)20(2,18)19/h3-10,17H,1-2H3. The van der Waals surface area contributed by atoms with Gasteiger partial charge in [0.1, 0.15) is 5.82 Å². The number of pyridine rings is 1. The van der Waals surface area contributed by atoms with Crippen molar-refractivity contribution in [3.05, 3.63) is 54.1 Å². The quantitative estimate of drug-likeness (QED) is 0.942. The number of rotatable bonds is 4. The highest BCUT2D eigenvalue weighted by atomic mass is 32.2. The van der Waals surface area contributed by atoms with Crippen molar-refractivity contribution in [2.75, 3.05) is 11.6 Å². The van der Waals surface area contributed by atoms with E-state index in [9.17, 15) is 12.8 Å². The summed E-state index contributed by atoms with van der Waals surface area (Å²) < 4.78 is 35.8. The van der Waals surface area contributed by atoms with E-state index in [1.807, 2.05) is 6.92 Å². The molecule has 0 saturated heterocycles. The zero-order chi connectivity index (χ0) is 14.8. The molecule has 0 fully saturated rings. The summed E-state index contributed by atoms with van der Waals surface area (Å²) in [6.07, 6.45) is 3.90. The van der Waals surface area contributed by atoms with Crippen LogP contribution < -0.4 is 5.32 Å². The average molecular weight is 294 g/mol. The number of anilines is 1. The highest BCUT2D eigenvalue weighted by molar-refractivity contribution is 7.90. The molecule has 1 unspecified atom stereocenters. The van der Waals surface area contributed by atoms with Gasteiger partial charge in [0.15, 0.2) is 9.84 Å². The smallest absolute Gasteiger partial charge is 0.175 e. The fraction of sp³-hybridized carbons (Fsp3) is 0.214. The number of nitrogens with one attached hydrogen (secondary N) is 1. The third-order valence-corrected chi connectivity index (χ3v) is 4.02. The molecule has 0 saturated carbocycles. The second kappa shape index (κ2) is 5.58. The summed E-state index contributed by atoms with van der Waals surface area (Å²) in [6.45, 7) is 1.88. The van der Waals surface area contributed by atoms with Crippen LogP contribution in [0, 0.1) is 5.82 Å². The van der Waals surface area contributed by atoms with Crippen LogP contribution in [0.3, 0.4) is 0 Å². The Morgan fingerprint density at radius 1 is 1.20 bits per heavy atom. The Morgan fingerprint density at radius 2 is 1.85 bits per heavy atom. The van der Waals surface area contributed by atoms with E-state index in [4.69, 9.17) is 0 Å². The Morgan fingerprint density at radius 3 is 2.40 bits per heavy atom. The molecular formula is C14H15FN2O2S. The van der Waals surface area contributed by atoms with Gasteiger partial charge in [0.25, 0.3) is 0 Å². The van der Waals surface area contributed by atoms with Gasteiger partial charge < -0.3 is 5.32 Å². The molecule has 6 heteroatoms. The average Bonchev–Trinajstić information content (AvgIpc) is 2.38. The largest absolute Gasteiger partial charge is 0.378 e. The Bertz CT molecular complexity index is 699. The molecule has 1 heterocycles. The van der Waals surface area contributed by atoms with Gasteiger partial charge in [-0.15, -0.1) is 0 Å². The number of hydrogen-bond donors (Lipinski definition) is 1. The molecule has 1 aromatic carbocycles. The van der Waals surface area contributed by atoms with Crippen molar-refractivity contribution in [1.29, 1.82) is 0 Å². The second-order valence-electron chi connectivity index (χ2n) is 4.60. The molecule has 0 spiro atoms. The Hall–Kier alpha value is -1.95. The number of aromatic nitrogens is 1. The van der Waals surface area contributed by atoms with Gasteiger partial charge >= 0.3 is 0 Å². The van der Waals surface area contributed by atoms with Crippen LogP contribution in [0.25, 0.3) is 0 Å². The van der Waals surface area contributed by atoms with Crippen molar-refractivity contribution < 1.29 is 12.8 Å². The molecule has 2 aromatic rings. The van der Waals surface area contributed by atoms with Crippen molar-refractivity contribution in [2.24, 2.45) is 0 Å². The lowest BCUT2D eigenvalue weighted by atomic mass is 10.1. The molecule has 2 rings (SSSR count). The third kappa shape index (κ3) is 3.54. The maximum Gasteiger partial charge on any atom is 0.175 e. The summed E-state index contributed by atoms with van der Waals surface area (Å²) in [4.78, 5) is 4.07. The van der Waals surface area contributed by atoms with Gasteiger partial charge in [0.05, 0.1) is 17.1 Å². The Balaban J connectivity index is 2.14. The van der Waals surface area contributed by atoms with Crippen LogP contribution in [-0.4, -0.2) is 19.7 Å². The van der Waals surface area contributed by atoms with Gasteiger partial charge in [-0.2, -0.15) is 0 Å². The Kier molecular flexibility index (Phi) is 4.04. The maximum absolute atomic E-state index is 13.1. The summed E-state index contributed by atoms with van der Waals surface area (Å²) in [5.74, 6) is -0.386. The molecule has 1 N–H and O–H groups in total. The van der Waals surface area contributed by atoms with E-state index in [0.29, 0.717) is 0 Å². The third-order valence-electron chi connectivity index (χ3n) is 2.89. The lowest BCUT2D eigenvalue weighted by molar-refractivity contribution is 0.602. The van der Waals surface area contributed by atoms with E-state index in [1.165, 1.54) is 18.2 Å². The van der Waals surface area contributed by atoms with E-state index < -0.39 is 9.84 Å². The lowest BCUT2D eigenvalue weighted by Crippen LogP contribution is -2.07. The molecule has 0 bridgehead atoms. The molecule has 20 heavy (non-hydrogen) atoms. The van der Waals surface area contributed by atoms with E-state index in [1.54, 1.807) is 18.3 Å². The van der Waals surface area contributed by atoms with Crippen molar-refractivity contribution >= 4 is 15.5 Å². The number of benzene rings is 1. The van der Waals surface area contributed by atoms with Crippen LogP contribution in [0.5, 0.6) is 0 Å². The molecule has 0 amide bonds. The summed E-state index contributed by atoms with van der Waals surface area (Å²) in [7, 11) is -3.19. The van der Waals surface area contributed by atoms with Gasteiger partial charge in [0.2, 0.25) is 0 Å². The van der Waals surface area contributed by atoms with Gasteiger partial charge in [0, 0.05) is 18.1 Å². The van der Waals surface area contributed by atoms with Crippen LogP contribution in [0.4, 0.5) is 10.1 Å². The topological polar surface area (TPSA) is 59.1 Å². The summed E-state index contributed by atoms with van der Waals surface area (Å²) >= 11 is 0. The number of nitrogens with zero attached hydrogens (tertiary/aromatic N) is 1. The Labute approximate surface area is 117 Å². The van der Waals surface area contributed by atoms with Crippen molar-refractivity contribution in [3.63, 3.8) is 0 Å². The molecule has 106 valence electrons. The minimum atomic E-state index is -3.19. The molecule has 0 aliphatic carbocycles. The predicted octanol–water partition coefficient (Wildman–Crippen LogP) is 2.80. The highest BCUT2D eigenvalue weighted by Crippen LogP contribution is 2.20. The minimum Gasteiger partial charge on any atom is -0.378 e. The van der Waals surface area contributed by atoms with Crippen LogP contribution in [0.2, 0.25) is 0 Å². The monoisotopic (exact) mass is 294 g/mol. The first kappa shape index (κ1) is 14.5. The first-order valence-corrected chi connectivity index (χ1v) is 7.92. The van der Waals surface area contributed by atoms with E-state index in [0.717, 1.165) is 23.7 Å². The molecular weight excluding hydrogens is 279 g/mol. The van der Waals surface area contributed by atoms with Crippen LogP contribution in [-0.2, 0) is 9.84 Å². The number of halogens is 1. The molecule has 1 aromatic heterocycles. The van der Waals surface area contributed by atoms with Gasteiger partial charge in [-0.05, 0) is 42.8 Å². The normalized spacial score (nSPS) is 12.9. The first-order valence-electron chi connectivity index (χ1n) is 6.03.